The van der Waals surface area contributed by atoms with E-state index < -0.39 is 17.6 Å². The molecule has 0 radical (unpaired) electrons. The Morgan fingerprint density at radius 1 is 1.05 bits per heavy atom. The molecule has 5 N–H and O–H groups in total. The molecule has 2 fully saturated rings. The van der Waals surface area contributed by atoms with Crippen molar-refractivity contribution in [1.82, 2.24) is 15.5 Å². The molecule has 1 aliphatic heterocycles. The van der Waals surface area contributed by atoms with Crippen LogP contribution in [0.15, 0.2) is 63.5 Å². The molecule has 1 saturated heterocycles. The smallest absolute Gasteiger partial charge is 0.371 e. The average molecular weight is 644 g/mol. The van der Waals surface area contributed by atoms with Crippen molar-refractivity contribution in [3.8, 4) is 0 Å². The third kappa shape index (κ3) is 9.12. The topological polar surface area (TPSA) is 147 Å². The molecule has 0 spiro atoms. The summed E-state index contributed by atoms with van der Waals surface area (Å²) in [5.74, 6) is -1.44. The van der Waals surface area contributed by atoms with Gasteiger partial charge in [0.2, 0.25) is 17.6 Å². The number of hydrogen-bond donors (Lipinski definition) is 4. The second kappa shape index (κ2) is 15.3. The summed E-state index contributed by atoms with van der Waals surface area (Å²) >= 11 is 3.29. The molecular formula is C31H39BrN4O6. The van der Waals surface area contributed by atoms with Gasteiger partial charge in [-0.2, -0.15) is 0 Å². The molecular weight excluding hydrogens is 604 g/mol. The standard InChI is InChI=1S/C22H34N4O3.C9H5BrO3/c23-22(9-4-5-10-22)21(28)25-19(17-18-7-2-1-3-8-18)20(27)24-11-6-12-26-13-15-29-16-14-26;10-6-1-2-7-5(3-6)4-8(13-7)9(11)12/h1-3,7-8,19H,4-6,9-17,23H2,(H,24,27)(H,25,28);1-4H,(H,11,12)/t19-;/m1./s1. The van der Waals surface area contributed by atoms with E-state index in [2.05, 4.69) is 31.5 Å². The molecule has 3 aromatic rings. The first-order chi connectivity index (χ1) is 20.2. The summed E-state index contributed by atoms with van der Waals surface area (Å²) < 4.78 is 11.3. The molecule has 2 amide bonds. The zero-order chi connectivity index (χ0) is 30.0. The number of aromatic carboxylic acids is 1. The van der Waals surface area contributed by atoms with E-state index in [9.17, 15) is 14.4 Å². The van der Waals surface area contributed by atoms with Crippen LogP contribution in [0.5, 0.6) is 0 Å². The van der Waals surface area contributed by atoms with Gasteiger partial charge in [-0.25, -0.2) is 4.79 Å². The van der Waals surface area contributed by atoms with Crippen LogP contribution in [-0.4, -0.2) is 78.8 Å². The zero-order valence-electron chi connectivity index (χ0n) is 23.6. The second-order valence-corrected chi connectivity index (χ2v) is 11.7. The first kappa shape index (κ1) is 31.7. The minimum Gasteiger partial charge on any atom is -0.475 e. The lowest BCUT2D eigenvalue weighted by Crippen LogP contribution is -2.58. The number of benzene rings is 2. The van der Waals surface area contributed by atoms with Crippen LogP contribution in [0.2, 0.25) is 0 Å². The summed E-state index contributed by atoms with van der Waals surface area (Å²) in [6.07, 6.45) is 4.61. The number of carbonyl (C=O) groups excluding carboxylic acids is 2. The lowest BCUT2D eigenvalue weighted by molar-refractivity contribution is -0.131. The Morgan fingerprint density at radius 3 is 2.45 bits per heavy atom. The van der Waals surface area contributed by atoms with E-state index in [0.29, 0.717) is 31.4 Å². The van der Waals surface area contributed by atoms with E-state index in [0.717, 1.165) is 67.5 Å². The fourth-order valence-electron chi connectivity index (χ4n) is 5.18. The number of furan rings is 1. The first-order valence-electron chi connectivity index (χ1n) is 14.4. The highest BCUT2D eigenvalue weighted by Crippen LogP contribution is 2.27. The fourth-order valence-corrected chi connectivity index (χ4v) is 5.55. The van der Waals surface area contributed by atoms with E-state index in [1.807, 2.05) is 36.4 Å². The van der Waals surface area contributed by atoms with Gasteiger partial charge >= 0.3 is 5.97 Å². The highest BCUT2D eigenvalue weighted by Gasteiger charge is 2.38. The van der Waals surface area contributed by atoms with Gasteiger partial charge in [-0.3, -0.25) is 14.5 Å². The molecule has 5 rings (SSSR count). The number of carboxylic acids is 1. The van der Waals surface area contributed by atoms with Gasteiger partial charge in [0, 0.05) is 35.9 Å². The number of rotatable bonds is 10. The van der Waals surface area contributed by atoms with E-state index >= 15 is 0 Å². The Morgan fingerprint density at radius 2 is 1.76 bits per heavy atom. The van der Waals surface area contributed by atoms with E-state index in [1.165, 1.54) is 6.07 Å². The van der Waals surface area contributed by atoms with Gasteiger partial charge in [-0.1, -0.05) is 59.1 Å². The maximum absolute atomic E-state index is 12.9. The van der Waals surface area contributed by atoms with Crippen LogP contribution in [0.3, 0.4) is 0 Å². The van der Waals surface area contributed by atoms with Gasteiger partial charge in [0.05, 0.1) is 18.8 Å². The van der Waals surface area contributed by atoms with Crippen molar-refractivity contribution in [2.24, 2.45) is 5.73 Å². The molecule has 2 aromatic carbocycles. The number of morpholine rings is 1. The molecule has 10 nitrogen and oxygen atoms in total. The van der Waals surface area contributed by atoms with Crippen molar-refractivity contribution < 1.29 is 28.6 Å². The van der Waals surface area contributed by atoms with Crippen molar-refractivity contribution in [3.63, 3.8) is 0 Å². The summed E-state index contributed by atoms with van der Waals surface area (Å²) in [6.45, 7) is 4.96. The SMILES string of the molecule is NC1(C(=O)N[C@H](Cc2ccccc2)C(=O)NCCCN2CCOCC2)CCCC1.O=C(O)c1cc2cc(Br)ccc2o1. The van der Waals surface area contributed by atoms with Gasteiger partial charge in [0.15, 0.2) is 0 Å². The molecule has 0 unspecified atom stereocenters. The Labute approximate surface area is 254 Å². The van der Waals surface area contributed by atoms with Crippen molar-refractivity contribution in [3.05, 3.63) is 70.4 Å². The molecule has 2 heterocycles. The normalized spacial score (nSPS) is 17.2. The lowest BCUT2D eigenvalue weighted by Gasteiger charge is -2.27. The zero-order valence-corrected chi connectivity index (χ0v) is 25.2. The van der Waals surface area contributed by atoms with E-state index in [-0.39, 0.29) is 17.6 Å². The second-order valence-electron chi connectivity index (χ2n) is 10.8. The lowest BCUT2D eigenvalue weighted by atomic mass is 9.96. The first-order valence-corrected chi connectivity index (χ1v) is 15.2. The maximum atomic E-state index is 12.9. The predicted molar refractivity (Wildman–Crippen MR) is 163 cm³/mol. The number of carboxylic acid groups (broad SMARTS) is 1. The molecule has 1 atom stereocenters. The number of hydrogen-bond acceptors (Lipinski definition) is 7. The van der Waals surface area contributed by atoms with Gasteiger partial charge in [-0.15, -0.1) is 0 Å². The van der Waals surface area contributed by atoms with E-state index in [4.69, 9.17) is 20.0 Å². The van der Waals surface area contributed by atoms with Crippen LogP contribution >= 0.6 is 15.9 Å². The van der Waals surface area contributed by atoms with Crippen molar-refractivity contribution in [2.75, 3.05) is 39.4 Å². The molecule has 1 saturated carbocycles. The number of carbonyl (C=O) groups is 3. The minimum atomic E-state index is -1.05. The Balaban J connectivity index is 0.000000258. The Kier molecular flexibility index (Phi) is 11.5. The number of fused-ring (bicyclic) bond motifs is 1. The quantitative estimate of drug-likeness (QED) is 0.245. The summed E-state index contributed by atoms with van der Waals surface area (Å²) in [4.78, 5) is 38.5. The maximum Gasteiger partial charge on any atom is 0.371 e. The number of amides is 2. The van der Waals surface area contributed by atoms with Gasteiger partial charge in [-0.05, 0) is 55.6 Å². The highest BCUT2D eigenvalue weighted by atomic mass is 79.9. The molecule has 1 aromatic heterocycles. The highest BCUT2D eigenvalue weighted by molar-refractivity contribution is 9.10. The Hall–Kier alpha value is -3.25. The van der Waals surface area contributed by atoms with Gasteiger partial charge in [0.25, 0.3) is 0 Å². The largest absolute Gasteiger partial charge is 0.475 e. The van der Waals surface area contributed by atoms with Crippen molar-refractivity contribution >= 4 is 44.7 Å². The average Bonchev–Trinajstić information content (AvgIpc) is 3.63. The van der Waals surface area contributed by atoms with Crippen LogP contribution in [0.25, 0.3) is 11.0 Å². The summed E-state index contributed by atoms with van der Waals surface area (Å²) in [6, 6.07) is 16.0. The fraction of sp³-hybridized carbons (Fsp3) is 0.452. The van der Waals surface area contributed by atoms with Gasteiger partial charge in [0.1, 0.15) is 11.6 Å². The van der Waals surface area contributed by atoms with Crippen LogP contribution in [-0.2, 0) is 20.7 Å². The third-order valence-electron chi connectivity index (χ3n) is 7.60. The number of halogens is 1. The third-order valence-corrected chi connectivity index (χ3v) is 8.09. The monoisotopic (exact) mass is 642 g/mol. The van der Waals surface area contributed by atoms with E-state index in [1.54, 1.807) is 12.1 Å². The minimum absolute atomic E-state index is 0.0342. The number of nitrogens with zero attached hydrogens (tertiary/aromatic N) is 1. The van der Waals surface area contributed by atoms with Crippen molar-refractivity contribution in [2.45, 2.75) is 50.1 Å². The molecule has 2 aliphatic rings. The Bertz CT molecular complexity index is 1340. The summed E-state index contributed by atoms with van der Waals surface area (Å²) in [5.41, 5.74) is 7.04. The molecule has 11 heteroatoms. The number of nitrogens with one attached hydrogen (secondary N) is 2. The van der Waals surface area contributed by atoms with Crippen LogP contribution in [0, 0.1) is 0 Å². The molecule has 42 heavy (non-hydrogen) atoms. The van der Waals surface area contributed by atoms with Crippen LogP contribution in [0.1, 0.15) is 48.2 Å². The number of nitrogens with two attached hydrogens (primary N) is 1. The van der Waals surface area contributed by atoms with Crippen LogP contribution < -0.4 is 16.4 Å². The number of ether oxygens (including phenoxy) is 1. The van der Waals surface area contributed by atoms with Crippen LogP contribution in [0.4, 0.5) is 0 Å². The predicted octanol–water partition coefficient (Wildman–Crippen LogP) is 3.72. The molecule has 1 aliphatic carbocycles. The molecule has 226 valence electrons. The molecule has 0 bridgehead atoms. The summed E-state index contributed by atoms with van der Waals surface area (Å²) in [7, 11) is 0. The van der Waals surface area contributed by atoms with Crippen molar-refractivity contribution in [1.29, 1.82) is 0 Å². The summed E-state index contributed by atoms with van der Waals surface area (Å²) in [5, 5.41) is 15.4. The van der Waals surface area contributed by atoms with Gasteiger partial charge < -0.3 is 30.6 Å².